The predicted octanol–water partition coefficient (Wildman–Crippen LogP) is 3.11. The summed E-state index contributed by atoms with van der Waals surface area (Å²) in [6, 6.07) is 6.43. The van der Waals surface area contributed by atoms with Gasteiger partial charge in [0.15, 0.2) is 17.7 Å². The number of thioether (sulfide) groups is 1. The summed E-state index contributed by atoms with van der Waals surface area (Å²) in [5.41, 5.74) is 0. The lowest BCUT2D eigenvalue weighted by molar-refractivity contribution is -0.120. The van der Waals surface area contributed by atoms with E-state index in [2.05, 4.69) is 15.5 Å². The van der Waals surface area contributed by atoms with E-state index in [1.54, 1.807) is 26.0 Å². The van der Waals surface area contributed by atoms with E-state index in [4.69, 9.17) is 9.15 Å². The molecule has 1 amide bonds. The molecule has 2 aromatic rings. The lowest BCUT2D eigenvalue weighted by Crippen LogP contribution is -2.32. The maximum absolute atomic E-state index is 13.6. The van der Waals surface area contributed by atoms with E-state index >= 15 is 0 Å². The van der Waals surface area contributed by atoms with Gasteiger partial charge in [-0.25, -0.2) is 4.39 Å². The van der Waals surface area contributed by atoms with Crippen LogP contribution < -0.4 is 10.1 Å². The average molecular weight is 351 g/mol. The number of nitrogens with zero attached hydrogens (tertiary/aromatic N) is 2. The minimum absolute atomic E-state index is 0.0436. The molecule has 0 spiro atoms. The van der Waals surface area contributed by atoms with Crippen LogP contribution in [0.3, 0.4) is 0 Å². The zero-order chi connectivity index (χ0) is 17.1. The molecule has 1 aliphatic rings. The van der Waals surface area contributed by atoms with Gasteiger partial charge < -0.3 is 14.5 Å². The van der Waals surface area contributed by atoms with E-state index in [-0.39, 0.29) is 28.0 Å². The maximum Gasteiger partial charge on any atom is 0.277 e. The quantitative estimate of drug-likeness (QED) is 0.773. The highest BCUT2D eigenvalue weighted by atomic mass is 32.2. The fourth-order valence-electron chi connectivity index (χ4n) is 1.96. The number of ether oxygens (including phenoxy) is 1. The molecule has 24 heavy (non-hydrogen) atoms. The summed E-state index contributed by atoms with van der Waals surface area (Å²) in [5, 5.41) is 10.7. The molecule has 8 heteroatoms. The zero-order valence-corrected chi connectivity index (χ0v) is 14.2. The lowest BCUT2D eigenvalue weighted by atomic mass is 10.3. The molecule has 3 rings (SSSR count). The van der Waals surface area contributed by atoms with Gasteiger partial charge >= 0.3 is 0 Å². The van der Waals surface area contributed by atoms with Gasteiger partial charge in [-0.2, -0.15) is 0 Å². The molecule has 0 aliphatic heterocycles. The van der Waals surface area contributed by atoms with Gasteiger partial charge in [0.05, 0.1) is 5.25 Å². The molecular weight excluding hydrogens is 333 g/mol. The molecule has 6 nitrogen and oxygen atoms in total. The highest BCUT2D eigenvalue weighted by Crippen LogP contribution is 2.28. The topological polar surface area (TPSA) is 77.2 Å². The van der Waals surface area contributed by atoms with Gasteiger partial charge in [0.1, 0.15) is 0 Å². The number of hydrogen-bond acceptors (Lipinski definition) is 6. The summed E-state index contributed by atoms with van der Waals surface area (Å²) in [6.07, 6.45) is 1.48. The molecule has 1 aliphatic carbocycles. The molecule has 0 saturated heterocycles. The first-order valence-corrected chi connectivity index (χ1v) is 8.62. The number of carbonyl (C=O) groups excluding carboxylic acids is 1. The molecule has 1 heterocycles. The molecule has 128 valence electrons. The van der Waals surface area contributed by atoms with Gasteiger partial charge in [-0.3, -0.25) is 4.79 Å². The molecule has 1 saturated carbocycles. The van der Waals surface area contributed by atoms with Crippen molar-refractivity contribution >= 4 is 17.7 Å². The fraction of sp³-hybridized carbons (Fsp3) is 0.438. The first-order valence-electron chi connectivity index (χ1n) is 7.74. The summed E-state index contributed by atoms with van der Waals surface area (Å²) >= 11 is 1.19. The highest BCUT2D eigenvalue weighted by Gasteiger charge is 2.27. The van der Waals surface area contributed by atoms with Crippen LogP contribution in [0.5, 0.6) is 5.75 Å². The molecule has 2 atom stereocenters. The Morgan fingerprint density at radius 1 is 1.38 bits per heavy atom. The Morgan fingerprint density at radius 2 is 2.12 bits per heavy atom. The predicted molar refractivity (Wildman–Crippen MR) is 86.2 cm³/mol. The highest BCUT2D eigenvalue weighted by molar-refractivity contribution is 8.00. The molecule has 1 aromatic heterocycles. The summed E-state index contributed by atoms with van der Waals surface area (Å²) in [4.78, 5) is 11.9. The molecular formula is C16H18FN3O3S. The Labute approximate surface area is 143 Å². The molecule has 0 radical (unpaired) electrons. The number of para-hydroxylation sites is 1. The normalized spacial score (nSPS) is 16.5. The Morgan fingerprint density at radius 3 is 2.83 bits per heavy atom. The third-order valence-electron chi connectivity index (χ3n) is 3.48. The van der Waals surface area contributed by atoms with E-state index in [1.807, 2.05) is 0 Å². The number of benzene rings is 1. The van der Waals surface area contributed by atoms with Crippen LogP contribution >= 0.6 is 11.8 Å². The van der Waals surface area contributed by atoms with E-state index in [0.717, 1.165) is 12.8 Å². The van der Waals surface area contributed by atoms with E-state index in [0.29, 0.717) is 6.04 Å². The Balaban J connectivity index is 1.58. The number of halogens is 1. The second kappa shape index (κ2) is 7.21. The number of carbonyl (C=O) groups is 1. The number of aromatic nitrogens is 2. The van der Waals surface area contributed by atoms with Crippen LogP contribution in [0.4, 0.5) is 4.39 Å². The first kappa shape index (κ1) is 16.8. The van der Waals surface area contributed by atoms with Gasteiger partial charge in [-0.1, -0.05) is 23.9 Å². The third kappa shape index (κ3) is 4.25. The zero-order valence-electron chi connectivity index (χ0n) is 13.4. The Kier molecular flexibility index (Phi) is 5.03. The monoisotopic (exact) mass is 351 g/mol. The van der Waals surface area contributed by atoms with Gasteiger partial charge in [-0.05, 0) is 38.8 Å². The Bertz CT molecular complexity index is 720. The van der Waals surface area contributed by atoms with Gasteiger partial charge in [0, 0.05) is 6.04 Å². The summed E-state index contributed by atoms with van der Waals surface area (Å²) < 4.78 is 24.6. The van der Waals surface area contributed by atoms with Crippen molar-refractivity contribution in [3.63, 3.8) is 0 Å². The van der Waals surface area contributed by atoms with Crippen LogP contribution in [-0.2, 0) is 4.79 Å². The third-order valence-corrected chi connectivity index (χ3v) is 4.42. The maximum atomic E-state index is 13.6. The van der Waals surface area contributed by atoms with Crippen LogP contribution in [-0.4, -0.2) is 27.4 Å². The molecule has 1 aromatic carbocycles. The van der Waals surface area contributed by atoms with Crippen LogP contribution in [0.2, 0.25) is 0 Å². The molecule has 0 unspecified atom stereocenters. The minimum Gasteiger partial charge on any atom is -0.478 e. The van der Waals surface area contributed by atoms with Gasteiger partial charge in [-0.15, -0.1) is 10.2 Å². The van der Waals surface area contributed by atoms with Crippen molar-refractivity contribution in [1.29, 1.82) is 0 Å². The Hall–Kier alpha value is -2.09. The number of hydrogen-bond donors (Lipinski definition) is 1. The van der Waals surface area contributed by atoms with Crippen LogP contribution in [0.25, 0.3) is 0 Å². The summed E-state index contributed by atoms with van der Waals surface area (Å²) in [6.45, 7) is 3.48. The van der Waals surface area contributed by atoms with Crippen molar-refractivity contribution < 1.29 is 18.3 Å². The number of nitrogens with one attached hydrogen (secondary N) is 1. The second-order valence-corrected chi connectivity index (χ2v) is 6.93. The standard InChI is InChI=1S/C16H18FN3O3S/c1-9(22-13-6-4-3-5-12(13)17)15-19-20-16(23-15)24-10(2)14(21)18-11-7-8-11/h3-6,9-11H,7-8H2,1-2H3,(H,18,21)/t9-,10-/m1/s1. The van der Waals surface area contributed by atoms with Gasteiger partial charge in [0.25, 0.3) is 11.1 Å². The van der Waals surface area contributed by atoms with Crippen molar-refractivity contribution in [3.05, 3.63) is 36.0 Å². The van der Waals surface area contributed by atoms with Gasteiger partial charge in [0.2, 0.25) is 5.91 Å². The van der Waals surface area contributed by atoms with E-state index in [1.165, 1.54) is 23.9 Å². The van der Waals surface area contributed by atoms with E-state index < -0.39 is 11.9 Å². The SMILES string of the molecule is C[C@@H](Sc1nnc([C@@H](C)Oc2ccccc2F)o1)C(=O)NC1CC1. The first-order chi connectivity index (χ1) is 11.5. The molecule has 1 fully saturated rings. The summed E-state index contributed by atoms with van der Waals surface area (Å²) in [5.74, 6) is -0.146. The van der Waals surface area contributed by atoms with Crippen molar-refractivity contribution in [2.24, 2.45) is 0 Å². The van der Waals surface area contributed by atoms with Crippen molar-refractivity contribution in [3.8, 4) is 5.75 Å². The fourth-order valence-corrected chi connectivity index (χ4v) is 2.66. The minimum atomic E-state index is -0.598. The number of amides is 1. The van der Waals surface area contributed by atoms with E-state index in [9.17, 15) is 9.18 Å². The smallest absolute Gasteiger partial charge is 0.277 e. The molecule has 0 bridgehead atoms. The van der Waals surface area contributed by atoms with Crippen LogP contribution in [0.1, 0.15) is 38.7 Å². The van der Waals surface area contributed by atoms with Crippen LogP contribution in [0, 0.1) is 5.82 Å². The molecule has 1 N–H and O–H groups in total. The van der Waals surface area contributed by atoms with Crippen molar-refractivity contribution in [2.45, 2.75) is 49.3 Å². The summed E-state index contributed by atoms with van der Waals surface area (Å²) in [7, 11) is 0. The van der Waals surface area contributed by atoms with Crippen molar-refractivity contribution in [2.75, 3.05) is 0 Å². The van der Waals surface area contributed by atoms with Crippen LogP contribution in [0.15, 0.2) is 33.9 Å². The largest absolute Gasteiger partial charge is 0.478 e. The van der Waals surface area contributed by atoms with Crippen molar-refractivity contribution in [1.82, 2.24) is 15.5 Å². The average Bonchev–Trinajstić information content (AvgIpc) is 3.24. The number of rotatable bonds is 7. The second-order valence-electron chi connectivity index (χ2n) is 5.64. The lowest BCUT2D eigenvalue weighted by Gasteiger charge is -2.11.